The van der Waals surface area contributed by atoms with Crippen molar-refractivity contribution in [2.75, 3.05) is 13.1 Å². The molecule has 0 aliphatic carbocycles. The minimum Gasteiger partial charge on any atom is -0.481 e. The molecule has 3 amide bonds. The van der Waals surface area contributed by atoms with Crippen molar-refractivity contribution in [1.82, 2.24) is 30.8 Å². The van der Waals surface area contributed by atoms with E-state index in [0.717, 1.165) is 30.8 Å². The zero-order valence-electron chi connectivity index (χ0n) is 24.7. The van der Waals surface area contributed by atoms with Crippen LogP contribution in [0, 0.1) is 0 Å². The first-order chi connectivity index (χ1) is 21.1. The van der Waals surface area contributed by atoms with Crippen LogP contribution < -0.4 is 16.0 Å². The van der Waals surface area contributed by atoms with E-state index in [1.807, 2.05) is 36.4 Å². The van der Waals surface area contributed by atoms with Crippen molar-refractivity contribution >= 4 is 29.8 Å². The molecule has 0 saturated heterocycles. The fraction of sp³-hybridized carbons (Fsp3) is 0.500. The van der Waals surface area contributed by atoms with Gasteiger partial charge in [-0.25, -0.2) is 14.4 Å². The van der Waals surface area contributed by atoms with Crippen molar-refractivity contribution in [3.05, 3.63) is 60.2 Å². The largest absolute Gasteiger partial charge is 0.481 e. The molecule has 2 atom stereocenters. The summed E-state index contributed by atoms with van der Waals surface area (Å²) >= 11 is 0. The Balaban J connectivity index is 1.63. The average Bonchev–Trinajstić information content (AvgIpc) is 2.99. The van der Waals surface area contributed by atoms with Crippen LogP contribution in [0.2, 0.25) is 0 Å². The van der Waals surface area contributed by atoms with Crippen LogP contribution in [0.15, 0.2) is 48.8 Å². The van der Waals surface area contributed by atoms with Crippen molar-refractivity contribution < 1.29 is 39.3 Å². The third-order valence-electron chi connectivity index (χ3n) is 6.70. The first-order valence-corrected chi connectivity index (χ1v) is 14.7. The van der Waals surface area contributed by atoms with E-state index in [1.165, 1.54) is 0 Å². The van der Waals surface area contributed by atoms with Crippen molar-refractivity contribution in [2.45, 2.75) is 83.0 Å². The first kappa shape index (κ1) is 35.6. The summed E-state index contributed by atoms with van der Waals surface area (Å²) in [5, 5.41) is 34.4. The van der Waals surface area contributed by atoms with Crippen molar-refractivity contribution in [3.63, 3.8) is 0 Å². The molecule has 2 heterocycles. The van der Waals surface area contributed by atoms with E-state index in [9.17, 15) is 29.1 Å². The molecule has 14 nitrogen and oxygen atoms in total. The van der Waals surface area contributed by atoms with Gasteiger partial charge >= 0.3 is 23.9 Å². The number of carboxylic acids is 3. The summed E-state index contributed by atoms with van der Waals surface area (Å²) < 4.78 is 0. The smallest absolute Gasteiger partial charge is 0.326 e. The average molecular weight is 615 g/mol. The van der Waals surface area contributed by atoms with Gasteiger partial charge < -0.3 is 31.3 Å². The Morgan fingerprint density at radius 3 is 1.82 bits per heavy atom. The molecule has 0 aromatic carbocycles. The van der Waals surface area contributed by atoms with Crippen LogP contribution in [0.25, 0.3) is 0 Å². The van der Waals surface area contributed by atoms with Gasteiger partial charge in [-0.05, 0) is 62.9 Å². The molecule has 0 bridgehead atoms. The zero-order valence-corrected chi connectivity index (χ0v) is 24.7. The van der Waals surface area contributed by atoms with Gasteiger partial charge in [-0.15, -0.1) is 0 Å². The van der Waals surface area contributed by atoms with Crippen molar-refractivity contribution in [2.24, 2.45) is 0 Å². The van der Waals surface area contributed by atoms with Gasteiger partial charge in [0.15, 0.2) is 0 Å². The van der Waals surface area contributed by atoms with Crippen LogP contribution in [-0.4, -0.2) is 85.2 Å². The van der Waals surface area contributed by atoms with Gasteiger partial charge in [0.25, 0.3) is 0 Å². The molecular weight excluding hydrogens is 572 g/mol. The third kappa shape index (κ3) is 15.6. The van der Waals surface area contributed by atoms with E-state index < -0.39 is 42.4 Å². The summed E-state index contributed by atoms with van der Waals surface area (Å²) in [7, 11) is 0. The van der Waals surface area contributed by atoms with Crippen LogP contribution in [0.4, 0.5) is 4.79 Å². The highest BCUT2D eigenvalue weighted by Crippen LogP contribution is 2.10. The van der Waals surface area contributed by atoms with Crippen LogP contribution in [0.3, 0.4) is 0 Å². The van der Waals surface area contributed by atoms with Crippen LogP contribution in [0.1, 0.15) is 69.2 Å². The van der Waals surface area contributed by atoms with Gasteiger partial charge in [0.05, 0.1) is 11.4 Å². The van der Waals surface area contributed by atoms with Gasteiger partial charge in [0.2, 0.25) is 5.91 Å². The maximum atomic E-state index is 12.3. The quantitative estimate of drug-likeness (QED) is 0.106. The highest BCUT2D eigenvalue weighted by atomic mass is 16.4. The van der Waals surface area contributed by atoms with Gasteiger partial charge in [-0.3, -0.25) is 24.5 Å². The first-order valence-electron chi connectivity index (χ1n) is 14.7. The highest BCUT2D eigenvalue weighted by molar-refractivity contribution is 5.86. The molecule has 2 aromatic heterocycles. The Morgan fingerprint density at radius 1 is 0.705 bits per heavy atom. The Morgan fingerprint density at radius 2 is 1.30 bits per heavy atom. The highest BCUT2D eigenvalue weighted by Gasteiger charge is 2.24. The number of pyridine rings is 2. The minimum atomic E-state index is -1.46. The monoisotopic (exact) mass is 614 g/mol. The molecule has 0 spiro atoms. The maximum absolute atomic E-state index is 12.3. The van der Waals surface area contributed by atoms with Gasteiger partial charge in [-0.2, -0.15) is 0 Å². The van der Waals surface area contributed by atoms with E-state index in [-0.39, 0.29) is 18.7 Å². The molecule has 2 aromatic rings. The summed E-state index contributed by atoms with van der Waals surface area (Å²) in [6.07, 6.45) is 6.49. The van der Waals surface area contributed by atoms with Crippen molar-refractivity contribution in [3.8, 4) is 0 Å². The SMILES string of the molecule is O=C(O)CCC(NC(=O)NC(CCCCCNC(=O)CCCCN(Cc1ccccn1)Cc1ccccn1)C(=O)O)C(=O)O. The van der Waals surface area contributed by atoms with Crippen molar-refractivity contribution in [1.29, 1.82) is 0 Å². The maximum Gasteiger partial charge on any atom is 0.326 e. The normalized spacial score (nSPS) is 12.2. The molecule has 6 N–H and O–H groups in total. The molecule has 0 radical (unpaired) electrons. The number of hydrogen-bond acceptors (Lipinski definition) is 8. The number of nitrogens with one attached hydrogen (secondary N) is 3. The molecule has 2 unspecified atom stereocenters. The zero-order chi connectivity index (χ0) is 32.2. The Kier molecular flexibility index (Phi) is 16.5. The molecular formula is C30H42N6O8. The second kappa shape index (κ2) is 20.3. The van der Waals surface area contributed by atoms with Crippen LogP contribution in [-0.2, 0) is 32.3 Å². The third-order valence-corrected chi connectivity index (χ3v) is 6.70. The van der Waals surface area contributed by atoms with Gasteiger partial charge in [0, 0.05) is 44.9 Å². The van der Waals surface area contributed by atoms with E-state index in [1.54, 1.807) is 12.4 Å². The number of unbranched alkanes of at least 4 members (excludes halogenated alkanes) is 3. The lowest BCUT2D eigenvalue weighted by molar-refractivity contribution is -0.141. The summed E-state index contributed by atoms with van der Waals surface area (Å²) in [6.45, 7) is 2.60. The molecule has 2 rings (SSSR count). The summed E-state index contributed by atoms with van der Waals surface area (Å²) in [4.78, 5) is 68.9. The molecule has 44 heavy (non-hydrogen) atoms. The lowest BCUT2D eigenvalue weighted by Gasteiger charge is -2.21. The number of urea groups is 1. The van der Waals surface area contributed by atoms with E-state index in [2.05, 4.69) is 30.8 Å². The second-order valence-corrected chi connectivity index (χ2v) is 10.3. The fourth-order valence-electron chi connectivity index (χ4n) is 4.38. The predicted octanol–water partition coefficient (Wildman–Crippen LogP) is 2.40. The molecule has 0 aliphatic rings. The number of amides is 3. The number of hydrogen-bond donors (Lipinski definition) is 6. The van der Waals surface area contributed by atoms with E-state index in [0.29, 0.717) is 45.3 Å². The topological polar surface area (TPSA) is 211 Å². The molecule has 0 fully saturated rings. The van der Waals surface area contributed by atoms with Gasteiger partial charge in [0.1, 0.15) is 12.1 Å². The number of carbonyl (C=O) groups is 5. The number of carbonyl (C=O) groups excluding carboxylic acids is 2. The number of rotatable bonds is 22. The van der Waals surface area contributed by atoms with E-state index >= 15 is 0 Å². The number of aromatic nitrogens is 2. The van der Waals surface area contributed by atoms with Crippen LogP contribution in [0.5, 0.6) is 0 Å². The molecule has 14 heteroatoms. The predicted molar refractivity (Wildman–Crippen MR) is 159 cm³/mol. The number of nitrogens with zero attached hydrogens (tertiary/aromatic N) is 3. The Bertz CT molecular complexity index is 1140. The summed E-state index contributed by atoms with van der Waals surface area (Å²) in [5.41, 5.74) is 1.93. The standard InChI is InChI=1S/C30H42N6O8/c37-26(13-5-9-19-36(20-22-10-3-7-16-31-22)21-23-11-4-8-17-32-23)33-18-6-1-2-12-24(28(40)41)34-30(44)35-25(29(42)43)14-15-27(38)39/h3-4,7-8,10-11,16-17,24-25H,1-2,5-6,9,12-15,18-21H2,(H,33,37)(H,38,39)(H,40,41)(H,42,43)(H2,34,35,44). The number of carboxylic acid groups (broad SMARTS) is 3. The fourth-order valence-corrected chi connectivity index (χ4v) is 4.38. The molecule has 240 valence electrons. The summed E-state index contributed by atoms with van der Waals surface area (Å²) in [5.74, 6) is -3.96. The van der Waals surface area contributed by atoms with Gasteiger partial charge in [-0.1, -0.05) is 25.0 Å². The number of aliphatic carboxylic acids is 3. The van der Waals surface area contributed by atoms with Crippen LogP contribution >= 0.6 is 0 Å². The second-order valence-electron chi connectivity index (χ2n) is 10.3. The molecule has 0 saturated carbocycles. The Hall–Kier alpha value is -4.59. The van der Waals surface area contributed by atoms with E-state index in [4.69, 9.17) is 10.2 Å². The Labute approximate surface area is 256 Å². The molecule has 0 aliphatic heterocycles. The lowest BCUT2D eigenvalue weighted by atomic mass is 10.1. The minimum absolute atomic E-state index is 0.0522. The lowest BCUT2D eigenvalue weighted by Crippen LogP contribution is -2.51. The summed E-state index contributed by atoms with van der Waals surface area (Å²) in [6, 6.07) is 7.94.